The van der Waals surface area contributed by atoms with Crippen LogP contribution in [0.4, 0.5) is 0 Å². The van der Waals surface area contributed by atoms with E-state index in [2.05, 4.69) is 12.2 Å². The molecule has 0 aromatic rings. The first-order valence-electron chi connectivity index (χ1n) is 4.55. The normalized spacial score (nSPS) is 23.6. The molecule has 0 spiro atoms. The van der Waals surface area contributed by atoms with Crippen molar-refractivity contribution in [1.29, 1.82) is 0 Å². The molecule has 0 aromatic carbocycles. The van der Waals surface area contributed by atoms with Crippen LogP contribution in [-0.2, 0) is 0 Å². The van der Waals surface area contributed by atoms with Gasteiger partial charge in [-0.15, -0.1) is 0 Å². The van der Waals surface area contributed by atoms with Gasteiger partial charge in [-0.2, -0.15) is 0 Å². The molecule has 0 aliphatic heterocycles. The summed E-state index contributed by atoms with van der Waals surface area (Å²) in [7, 11) is 1.55. The van der Waals surface area contributed by atoms with Crippen LogP contribution in [0.3, 0.4) is 0 Å². The summed E-state index contributed by atoms with van der Waals surface area (Å²) in [6, 6.07) is 0. The van der Waals surface area contributed by atoms with Crippen LogP contribution in [0.25, 0.3) is 0 Å². The summed E-state index contributed by atoms with van der Waals surface area (Å²) in [6.45, 7) is 0. The topological polar surface area (TPSA) is 0 Å². The molecule has 2 aliphatic carbocycles. The van der Waals surface area contributed by atoms with Gasteiger partial charge < -0.3 is 0 Å². The van der Waals surface area contributed by atoms with Crippen LogP contribution in [0.5, 0.6) is 0 Å². The van der Waals surface area contributed by atoms with Gasteiger partial charge in [0.25, 0.3) is 0 Å². The number of hydrogen-bond donors (Lipinski definition) is 0. The maximum Gasteiger partial charge on any atom is -0.0196 e. The van der Waals surface area contributed by atoms with Crippen LogP contribution in [0.15, 0.2) is 22.8 Å². The van der Waals surface area contributed by atoms with Crippen molar-refractivity contribution in [3.05, 3.63) is 22.8 Å². The molecule has 0 heterocycles. The Morgan fingerprint density at radius 1 is 0.909 bits per heavy atom. The average Bonchev–Trinajstić information content (AvgIpc) is 2.60. The minimum Gasteiger partial charge on any atom is -0.0802 e. The van der Waals surface area contributed by atoms with E-state index in [4.69, 9.17) is 0 Å². The Morgan fingerprint density at radius 2 is 1.45 bits per heavy atom. The monoisotopic (exact) mass is 165 g/mol. The van der Waals surface area contributed by atoms with E-state index in [-0.39, 0.29) is 0 Å². The SMILES string of the molecule is C1=C([P]C2=CCCC2)CCC1. The lowest BCUT2D eigenvalue weighted by Gasteiger charge is -2.00. The van der Waals surface area contributed by atoms with Crippen molar-refractivity contribution >= 4 is 8.58 Å². The van der Waals surface area contributed by atoms with Gasteiger partial charge in [0.2, 0.25) is 0 Å². The van der Waals surface area contributed by atoms with Crippen molar-refractivity contribution in [3.8, 4) is 0 Å². The Bertz CT molecular complexity index is 179. The summed E-state index contributed by atoms with van der Waals surface area (Å²) in [5.74, 6) is 0. The second kappa shape index (κ2) is 3.54. The summed E-state index contributed by atoms with van der Waals surface area (Å²) in [5, 5.41) is 3.36. The van der Waals surface area contributed by atoms with E-state index in [1.807, 2.05) is 0 Å². The Hall–Kier alpha value is -0.0900. The fourth-order valence-corrected chi connectivity index (χ4v) is 3.04. The molecule has 2 rings (SSSR count). The quantitative estimate of drug-likeness (QED) is 0.541. The summed E-state index contributed by atoms with van der Waals surface area (Å²) in [4.78, 5) is 0. The van der Waals surface area contributed by atoms with E-state index >= 15 is 0 Å². The fourth-order valence-electron chi connectivity index (χ4n) is 1.70. The van der Waals surface area contributed by atoms with Gasteiger partial charge >= 0.3 is 0 Å². The molecular weight excluding hydrogens is 151 g/mol. The van der Waals surface area contributed by atoms with Crippen LogP contribution < -0.4 is 0 Å². The van der Waals surface area contributed by atoms with E-state index in [1.165, 1.54) is 38.5 Å². The van der Waals surface area contributed by atoms with Gasteiger partial charge in [-0.25, -0.2) is 0 Å². The summed E-state index contributed by atoms with van der Waals surface area (Å²) < 4.78 is 0. The zero-order chi connectivity index (χ0) is 7.52. The molecule has 0 fully saturated rings. The Balaban J connectivity index is 1.89. The van der Waals surface area contributed by atoms with Gasteiger partial charge in [0.05, 0.1) is 0 Å². The van der Waals surface area contributed by atoms with Gasteiger partial charge in [0.1, 0.15) is 0 Å². The fraction of sp³-hybridized carbons (Fsp3) is 0.600. The standard InChI is InChI=1S/C10H14P/c1-2-6-9(5-1)11-10-7-3-4-8-10/h5,7H,1-4,6,8H2. The van der Waals surface area contributed by atoms with Crippen LogP contribution in [-0.4, -0.2) is 0 Å². The molecule has 1 radical (unpaired) electrons. The lowest BCUT2D eigenvalue weighted by atomic mass is 10.4. The first kappa shape index (κ1) is 7.55. The molecule has 0 aromatic heterocycles. The minimum atomic E-state index is 1.33. The predicted octanol–water partition coefficient (Wildman–Crippen LogP) is 4.07. The largest absolute Gasteiger partial charge is 0.0802 e. The Morgan fingerprint density at radius 3 is 1.82 bits per heavy atom. The van der Waals surface area contributed by atoms with Crippen molar-refractivity contribution in [3.63, 3.8) is 0 Å². The van der Waals surface area contributed by atoms with Crippen molar-refractivity contribution in [1.82, 2.24) is 0 Å². The third-order valence-electron chi connectivity index (χ3n) is 2.32. The van der Waals surface area contributed by atoms with Crippen molar-refractivity contribution in [2.75, 3.05) is 0 Å². The van der Waals surface area contributed by atoms with Crippen molar-refractivity contribution < 1.29 is 0 Å². The van der Waals surface area contributed by atoms with Gasteiger partial charge in [-0.3, -0.25) is 0 Å². The summed E-state index contributed by atoms with van der Waals surface area (Å²) >= 11 is 0. The third kappa shape index (κ3) is 1.93. The summed E-state index contributed by atoms with van der Waals surface area (Å²) in [5.41, 5.74) is 0. The van der Waals surface area contributed by atoms with Crippen molar-refractivity contribution in [2.24, 2.45) is 0 Å². The Labute approximate surface area is 70.5 Å². The zero-order valence-electron chi connectivity index (χ0n) is 6.84. The molecular formula is C10H14P. The first-order valence-corrected chi connectivity index (χ1v) is 5.44. The lowest BCUT2D eigenvalue weighted by molar-refractivity contribution is 0.920. The second-order valence-electron chi connectivity index (χ2n) is 3.29. The van der Waals surface area contributed by atoms with E-state index in [0.29, 0.717) is 0 Å². The number of hydrogen-bond acceptors (Lipinski definition) is 0. The van der Waals surface area contributed by atoms with Crippen LogP contribution in [0.2, 0.25) is 0 Å². The first-order chi connectivity index (χ1) is 5.45. The molecule has 0 amide bonds. The van der Waals surface area contributed by atoms with Crippen molar-refractivity contribution in [2.45, 2.75) is 38.5 Å². The zero-order valence-corrected chi connectivity index (χ0v) is 7.74. The molecule has 59 valence electrons. The van der Waals surface area contributed by atoms with E-state index in [0.717, 1.165) is 0 Å². The summed E-state index contributed by atoms with van der Waals surface area (Å²) in [6.07, 6.45) is 13.0. The average molecular weight is 165 g/mol. The van der Waals surface area contributed by atoms with Crippen LogP contribution >= 0.6 is 8.58 Å². The number of allylic oxidation sites excluding steroid dienone is 4. The molecule has 0 N–H and O–H groups in total. The molecule has 0 unspecified atom stereocenters. The lowest BCUT2D eigenvalue weighted by Crippen LogP contribution is -1.68. The van der Waals surface area contributed by atoms with Gasteiger partial charge in [0, 0.05) is 0 Å². The molecule has 0 saturated carbocycles. The molecule has 0 saturated heterocycles. The maximum absolute atomic E-state index is 2.43. The molecule has 0 nitrogen and oxygen atoms in total. The van der Waals surface area contributed by atoms with Gasteiger partial charge in [0.15, 0.2) is 0 Å². The Kier molecular flexibility index (Phi) is 2.43. The van der Waals surface area contributed by atoms with E-state index < -0.39 is 0 Å². The highest BCUT2D eigenvalue weighted by Crippen LogP contribution is 2.43. The molecule has 1 heteroatoms. The maximum atomic E-state index is 2.43. The highest BCUT2D eigenvalue weighted by Gasteiger charge is 2.10. The minimum absolute atomic E-state index is 1.33. The highest BCUT2D eigenvalue weighted by molar-refractivity contribution is 7.47. The third-order valence-corrected chi connectivity index (χ3v) is 3.71. The van der Waals surface area contributed by atoms with E-state index in [9.17, 15) is 0 Å². The molecule has 11 heavy (non-hydrogen) atoms. The van der Waals surface area contributed by atoms with Crippen LogP contribution in [0.1, 0.15) is 38.5 Å². The smallest absolute Gasteiger partial charge is 0.0196 e. The number of rotatable bonds is 2. The molecule has 0 bridgehead atoms. The second-order valence-corrected chi connectivity index (χ2v) is 4.66. The van der Waals surface area contributed by atoms with Gasteiger partial charge in [-0.1, -0.05) is 12.2 Å². The molecule has 0 atom stereocenters. The van der Waals surface area contributed by atoms with E-state index in [1.54, 1.807) is 19.2 Å². The molecule has 2 aliphatic rings. The highest BCUT2D eigenvalue weighted by atomic mass is 31.1. The van der Waals surface area contributed by atoms with Gasteiger partial charge in [-0.05, 0) is 57.7 Å². The predicted molar refractivity (Wildman–Crippen MR) is 50.8 cm³/mol. The van der Waals surface area contributed by atoms with Crippen LogP contribution in [0, 0.1) is 0 Å².